The number of hydrogen-bond acceptors (Lipinski definition) is 3. The zero-order chi connectivity index (χ0) is 17.1. The first kappa shape index (κ1) is 17.5. The molecule has 4 heteroatoms. The summed E-state index contributed by atoms with van der Waals surface area (Å²) in [5.41, 5.74) is 5.32. The highest BCUT2D eigenvalue weighted by molar-refractivity contribution is 6.49. The molecule has 0 atom stereocenters. The van der Waals surface area contributed by atoms with Gasteiger partial charge in [0.2, 0.25) is 0 Å². The zero-order valence-electron chi connectivity index (χ0n) is 14.4. The predicted octanol–water partition coefficient (Wildman–Crippen LogP) is 4.96. The molecule has 0 aromatic heterocycles. The summed E-state index contributed by atoms with van der Waals surface area (Å²) >= 11 is 6.12. The van der Waals surface area contributed by atoms with Crippen LogP contribution >= 0.6 is 11.6 Å². The van der Waals surface area contributed by atoms with Crippen molar-refractivity contribution in [2.75, 3.05) is 18.0 Å². The van der Waals surface area contributed by atoms with Gasteiger partial charge in [-0.25, -0.2) is 4.99 Å². The number of anilines is 1. The van der Waals surface area contributed by atoms with Crippen LogP contribution in [0.1, 0.15) is 33.3 Å². The molecule has 2 rings (SSSR count). The molecule has 0 aliphatic heterocycles. The molecule has 0 unspecified atom stereocenters. The normalized spacial score (nSPS) is 16.9. The third-order valence-corrected chi connectivity index (χ3v) is 4.63. The summed E-state index contributed by atoms with van der Waals surface area (Å²) in [4.78, 5) is 18.9. The van der Waals surface area contributed by atoms with Crippen LogP contribution < -0.4 is 4.90 Å². The summed E-state index contributed by atoms with van der Waals surface area (Å²) in [5.74, 6) is -0.114. The Morgan fingerprint density at radius 1 is 1.13 bits per heavy atom. The summed E-state index contributed by atoms with van der Waals surface area (Å²) in [6.07, 6.45) is 1.81. The van der Waals surface area contributed by atoms with Crippen LogP contribution in [0, 0.1) is 6.92 Å². The predicted molar refractivity (Wildman–Crippen MR) is 99.2 cm³/mol. The van der Waals surface area contributed by atoms with E-state index < -0.39 is 0 Å². The quantitative estimate of drug-likeness (QED) is 0.731. The number of rotatable bonds is 4. The molecule has 1 aliphatic rings. The van der Waals surface area contributed by atoms with Crippen LogP contribution in [0.25, 0.3) is 0 Å². The van der Waals surface area contributed by atoms with E-state index in [0.717, 1.165) is 35.6 Å². The number of aryl methyl sites for hydroxylation is 1. The second-order valence-electron chi connectivity index (χ2n) is 5.74. The van der Waals surface area contributed by atoms with Crippen molar-refractivity contribution in [2.45, 2.75) is 34.6 Å². The van der Waals surface area contributed by atoms with Gasteiger partial charge >= 0.3 is 0 Å². The van der Waals surface area contributed by atoms with Gasteiger partial charge in [-0.15, -0.1) is 0 Å². The van der Waals surface area contributed by atoms with E-state index in [1.807, 2.05) is 13.0 Å². The average molecular weight is 331 g/mol. The number of halogens is 1. The Hall–Kier alpha value is -1.87. The lowest BCUT2D eigenvalue weighted by Crippen LogP contribution is -2.21. The third kappa shape index (κ3) is 3.56. The minimum atomic E-state index is -0.114. The Morgan fingerprint density at radius 3 is 2.35 bits per heavy atom. The molecule has 0 saturated carbocycles. The van der Waals surface area contributed by atoms with Crippen molar-refractivity contribution in [3.05, 3.63) is 46.0 Å². The van der Waals surface area contributed by atoms with Crippen molar-refractivity contribution in [2.24, 2.45) is 4.99 Å². The average Bonchev–Trinajstić information content (AvgIpc) is 2.54. The SMILES string of the molecule is CCN(CC)c1ccc(N=C2C=C(C)C(=O)C(Cl)=C2C)c(C)c1. The van der Waals surface area contributed by atoms with Gasteiger partial charge in [-0.05, 0) is 70.0 Å². The van der Waals surface area contributed by atoms with Gasteiger partial charge in [0.25, 0.3) is 0 Å². The number of hydrogen-bond donors (Lipinski definition) is 0. The topological polar surface area (TPSA) is 32.7 Å². The highest BCUT2D eigenvalue weighted by atomic mass is 35.5. The molecule has 0 radical (unpaired) electrons. The Balaban J connectivity index is 2.42. The molecule has 0 spiro atoms. The van der Waals surface area contributed by atoms with Crippen molar-refractivity contribution in [1.82, 2.24) is 0 Å². The standard InChI is InChI=1S/C19H23ClN2O/c1-6-22(7-2)15-8-9-16(12(3)10-15)21-17-11-13(4)19(23)18(20)14(17)5/h8-11H,6-7H2,1-5H3. The maximum atomic E-state index is 11.9. The van der Waals surface area contributed by atoms with Gasteiger partial charge in [0.1, 0.15) is 0 Å². The molecule has 0 saturated heterocycles. The van der Waals surface area contributed by atoms with E-state index in [0.29, 0.717) is 5.57 Å². The van der Waals surface area contributed by atoms with Crippen molar-refractivity contribution in [3.8, 4) is 0 Å². The largest absolute Gasteiger partial charge is 0.372 e. The molecule has 0 amide bonds. The fraction of sp³-hybridized carbons (Fsp3) is 0.368. The first-order chi connectivity index (χ1) is 10.9. The van der Waals surface area contributed by atoms with Crippen LogP contribution in [0.2, 0.25) is 0 Å². The lowest BCUT2D eigenvalue weighted by Gasteiger charge is -2.22. The van der Waals surface area contributed by atoms with Crippen LogP contribution in [-0.2, 0) is 4.79 Å². The van der Waals surface area contributed by atoms with Gasteiger partial charge in [0.05, 0.1) is 16.4 Å². The van der Waals surface area contributed by atoms with Crippen molar-refractivity contribution >= 4 is 34.5 Å². The molecule has 1 aliphatic carbocycles. The number of ketones is 1. The molecule has 0 bridgehead atoms. The van der Waals surface area contributed by atoms with E-state index in [1.54, 1.807) is 13.0 Å². The maximum absolute atomic E-state index is 11.9. The molecule has 1 aromatic carbocycles. The Bertz CT molecular complexity index is 725. The van der Waals surface area contributed by atoms with Crippen molar-refractivity contribution in [1.29, 1.82) is 0 Å². The third-order valence-electron chi connectivity index (χ3n) is 4.17. The second kappa shape index (κ2) is 7.14. The van der Waals surface area contributed by atoms with E-state index in [-0.39, 0.29) is 10.8 Å². The highest BCUT2D eigenvalue weighted by Crippen LogP contribution is 2.28. The Labute approximate surface area is 143 Å². The Kier molecular flexibility index (Phi) is 5.42. The fourth-order valence-electron chi connectivity index (χ4n) is 2.63. The van der Waals surface area contributed by atoms with Gasteiger partial charge in [-0.1, -0.05) is 11.6 Å². The molecule has 122 valence electrons. The molecule has 0 heterocycles. The fourth-order valence-corrected chi connectivity index (χ4v) is 2.88. The smallest absolute Gasteiger partial charge is 0.200 e. The minimum absolute atomic E-state index is 0.114. The molecule has 0 fully saturated rings. The van der Waals surface area contributed by atoms with Crippen molar-refractivity contribution < 1.29 is 4.79 Å². The second-order valence-corrected chi connectivity index (χ2v) is 6.11. The number of nitrogens with zero attached hydrogens (tertiary/aromatic N) is 2. The van der Waals surface area contributed by atoms with Gasteiger partial charge in [-0.3, -0.25) is 4.79 Å². The first-order valence-electron chi connectivity index (χ1n) is 7.93. The number of allylic oxidation sites excluding steroid dienone is 4. The van der Waals surface area contributed by atoms with E-state index in [2.05, 4.69) is 37.8 Å². The van der Waals surface area contributed by atoms with E-state index in [9.17, 15) is 4.79 Å². The van der Waals surface area contributed by atoms with E-state index >= 15 is 0 Å². The summed E-state index contributed by atoms with van der Waals surface area (Å²) in [6, 6.07) is 6.26. The van der Waals surface area contributed by atoms with Gasteiger partial charge in [0.15, 0.2) is 5.78 Å². The minimum Gasteiger partial charge on any atom is -0.372 e. The summed E-state index contributed by atoms with van der Waals surface area (Å²) in [6.45, 7) is 11.9. The van der Waals surface area contributed by atoms with E-state index in [4.69, 9.17) is 16.6 Å². The van der Waals surface area contributed by atoms with Crippen LogP contribution in [0.15, 0.2) is 45.4 Å². The van der Waals surface area contributed by atoms with Gasteiger partial charge in [0, 0.05) is 24.4 Å². The van der Waals surface area contributed by atoms with Crippen LogP contribution in [0.4, 0.5) is 11.4 Å². The van der Waals surface area contributed by atoms with Gasteiger partial charge < -0.3 is 4.90 Å². The van der Waals surface area contributed by atoms with Crippen LogP contribution in [0.3, 0.4) is 0 Å². The highest BCUT2D eigenvalue weighted by Gasteiger charge is 2.21. The maximum Gasteiger partial charge on any atom is 0.200 e. The first-order valence-corrected chi connectivity index (χ1v) is 8.30. The number of carbonyl (C=O) groups is 1. The number of carbonyl (C=O) groups excluding carboxylic acids is 1. The molecule has 23 heavy (non-hydrogen) atoms. The summed E-state index contributed by atoms with van der Waals surface area (Å²) in [5, 5.41) is 0.265. The summed E-state index contributed by atoms with van der Waals surface area (Å²) < 4.78 is 0. The lowest BCUT2D eigenvalue weighted by atomic mass is 9.98. The van der Waals surface area contributed by atoms with Gasteiger partial charge in [-0.2, -0.15) is 0 Å². The van der Waals surface area contributed by atoms with Crippen LogP contribution in [-0.4, -0.2) is 24.6 Å². The number of benzene rings is 1. The molecule has 1 aromatic rings. The molecule has 0 N–H and O–H groups in total. The van der Waals surface area contributed by atoms with Crippen molar-refractivity contribution in [3.63, 3.8) is 0 Å². The zero-order valence-corrected chi connectivity index (χ0v) is 15.2. The Morgan fingerprint density at radius 2 is 1.78 bits per heavy atom. The van der Waals surface area contributed by atoms with E-state index in [1.165, 1.54) is 5.69 Å². The molecular formula is C19H23ClN2O. The number of aliphatic imine (C=N–C) groups is 1. The van der Waals surface area contributed by atoms with Crippen LogP contribution in [0.5, 0.6) is 0 Å². The number of Topliss-reactive ketones (excluding diaryl/α,β-unsaturated/α-hetero) is 1. The molecular weight excluding hydrogens is 308 g/mol. The summed E-state index contributed by atoms with van der Waals surface area (Å²) in [7, 11) is 0. The lowest BCUT2D eigenvalue weighted by molar-refractivity contribution is -0.111. The molecule has 3 nitrogen and oxygen atoms in total. The monoisotopic (exact) mass is 330 g/mol.